The second-order valence-electron chi connectivity index (χ2n) is 6.88. The number of likely N-dealkylation sites (tertiary alicyclic amines) is 1. The van der Waals surface area contributed by atoms with Gasteiger partial charge in [-0.3, -0.25) is 4.90 Å². The largest absolute Gasteiger partial charge is 0.491 e. The van der Waals surface area contributed by atoms with Crippen LogP contribution in [0.3, 0.4) is 0 Å². The van der Waals surface area contributed by atoms with Gasteiger partial charge in [0.15, 0.2) is 0 Å². The average molecular weight is 329 g/mol. The molecule has 1 aliphatic heterocycles. The number of rotatable bonds is 6. The summed E-state index contributed by atoms with van der Waals surface area (Å²) in [6.07, 6.45) is 4.45. The Morgan fingerprint density at radius 1 is 1.38 bits per heavy atom. The molecule has 1 aromatic carbocycles. The van der Waals surface area contributed by atoms with E-state index in [1.807, 2.05) is 39.4 Å². The Hall–Kier alpha value is -1.85. The monoisotopic (exact) mass is 329 g/mol. The molecule has 130 valence electrons. The second-order valence-corrected chi connectivity index (χ2v) is 6.88. The molecule has 2 atom stereocenters. The molecule has 24 heavy (non-hydrogen) atoms. The number of nitrogens with zero attached hydrogens (tertiary/aromatic N) is 3. The number of aliphatic hydroxyl groups is 1. The van der Waals surface area contributed by atoms with E-state index in [4.69, 9.17) is 4.74 Å². The SMILES string of the molecule is Cc1ccc(C)c(OCC(O)CN2CCC(c3nccn3C)C2)c1. The summed E-state index contributed by atoms with van der Waals surface area (Å²) in [5.41, 5.74) is 2.27. The van der Waals surface area contributed by atoms with Crippen molar-refractivity contribution in [2.24, 2.45) is 7.05 Å². The van der Waals surface area contributed by atoms with Crippen LogP contribution in [0.2, 0.25) is 0 Å². The smallest absolute Gasteiger partial charge is 0.122 e. The molecule has 1 N–H and O–H groups in total. The number of aliphatic hydroxyl groups excluding tert-OH is 1. The van der Waals surface area contributed by atoms with Crippen molar-refractivity contribution in [1.29, 1.82) is 0 Å². The van der Waals surface area contributed by atoms with Crippen molar-refractivity contribution >= 4 is 0 Å². The van der Waals surface area contributed by atoms with Gasteiger partial charge >= 0.3 is 0 Å². The molecule has 0 amide bonds. The average Bonchev–Trinajstić information content (AvgIpc) is 3.17. The van der Waals surface area contributed by atoms with E-state index in [-0.39, 0.29) is 0 Å². The summed E-state index contributed by atoms with van der Waals surface area (Å²) < 4.78 is 7.91. The predicted molar refractivity (Wildman–Crippen MR) is 94.4 cm³/mol. The van der Waals surface area contributed by atoms with Crippen LogP contribution in [0.25, 0.3) is 0 Å². The summed E-state index contributed by atoms with van der Waals surface area (Å²) in [5.74, 6) is 2.46. The first-order chi connectivity index (χ1) is 11.5. The third kappa shape index (κ3) is 3.97. The first-order valence-corrected chi connectivity index (χ1v) is 8.60. The highest BCUT2D eigenvalue weighted by Crippen LogP contribution is 2.25. The standard InChI is InChI=1S/C19H27N3O2/c1-14-4-5-15(2)18(10-14)24-13-17(23)12-22-8-6-16(11-22)19-20-7-9-21(19)3/h4-5,7,9-10,16-17,23H,6,8,11-13H2,1-3H3. The Morgan fingerprint density at radius 2 is 2.21 bits per heavy atom. The van der Waals surface area contributed by atoms with E-state index < -0.39 is 6.10 Å². The normalized spacial score (nSPS) is 19.6. The van der Waals surface area contributed by atoms with Crippen molar-refractivity contribution in [3.05, 3.63) is 47.5 Å². The van der Waals surface area contributed by atoms with Gasteiger partial charge in [-0.05, 0) is 44.0 Å². The van der Waals surface area contributed by atoms with Crippen molar-refractivity contribution in [3.8, 4) is 5.75 Å². The van der Waals surface area contributed by atoms with Crippen LogP contribution in [0.5, 0.6) is 5.75 Å². The topological polar surface area (TPSA) is 50.5 Å². The number of aromatic nitrogens is 2. The van der Waals surface area contributed by atoms with Crippen LogP contribution in [0, 0.1) is 13.8 Å². The summed E-state index contributed by atoms with van der Waals surface area (Å²) in [5, 5.41) is 10.3. The van der Waals surface area contributed by atoms with Crippen LogP contribution in [0.4, 0.5) is 0 Å². The van der Waals surface area contributed by atoms with Gasteiger partial charge in [-0.25, -0.2) is 4.98 Å². The number of aryl methyl sites for hydroxylation is 3. The van der Waals surface area contributed by atoms with Gasteiger partial charge in [-0.15, -0.1) is 0 Å². The Labute approximate surface area is 143 Å². The molecule has 0 saturated carbocycles. The van der Waals surface area contributed by atoms with Crippen molar-refractivity contribution in [2.75, 3.05) is 26.2 Å². The molecule has 2 unspecified atom stereocenters. The van der Waals surface area contributed by atoms with Crippen molar-refractivity contribution < 1.29 is 9.84 Å². The molecule has 5 heteroatoms. The summed E-state index contributed by atoms with van der Waals surface area (Å²) >= 11 is 0. The maximum atomic E-state index is 10.3. The Balaban J connectivity index is 1.48. The number of benzene rings is 1. The maximum absolute atomic E-state index is 10.3. The van der Waals surface area contributed by atoms with Crippen LogP contribution in [-0.4, -0.2) is 51.9 Å². The van der Waals surface area contributed by atoms with Gasteiger partial charge < -0.3 is 14.4 Å². The lowest BCUT2D eigenvalue weighted by atomic mass is 10.1. The predicted octanol–water partition coefficient (Wildman–Crippen LogP) is 2.27. The van der Waals surface area contributed by atoms with E-state index in [1.54, 1.807) is 0 Å². The summed E-state index contributed by atoms with van der Waals surface area (Å²) in [4.78, 5) is 6.76. The minimum atomic E-state index is -0.481. The van der Waals surface area contributed by atoms with E-state index >= 15 is 0 Å². The third-order valence-corrected chi connectivity index (χ3v) is 4.74. The van der Waals surface area contributed by atoms with Crippen LogP contribution in [0.15, 0.2) is 30.6 Å². The summed E-state index contributed by atoms with van der Waals surface area (Å²) in [7, 11) is 2.04. The van der Waals surface area contributed by atoms with Crippen LogP contribution < -0.4 is 4.74 Å². The van der Waals surface area contributed by atoms with E-state index in [9.17, 15) is 5.11 Å². The molecule has 0 spiro atoms. The highest BCUT2D eigenvalue weighted by molar-refractivity contribution is 5.35. The van der Waals surface area contributed by atoms with Crippen LogP contribution in [-0.2, 0) is 7.05 Å². The minimum absolute atomic E-state index is 0.327. The zero-order chi connectivity index (χ0) is 17.1. The molecule has 1 fully saturated rings. The van der Waals surface area contributed by atoms with Gasteiger partial charge in [-0.1, -0.05) is 12.1 Å². The van der Waals surface area contributed by atoms with E-state index in [0.717, 1.165) is 36.6 Å². The molecule has 1 aliphatic rings. The first kappa shape index (κ1) is 17.0. The lowest BCUT2D eigenvalue weighted by Crippen LogP contribution is -2.34. The van der Waals surface area contributed by atoms with Crippen molar-refractivity contribution in [2.45, 2.75) is 32.3 Å². The number of ether oxygens (including phenoxy) is 1. The number of hydrogen-bond acceptors (Lipinski definition) is 4. The van der Waals surface area contributed by atoms with Gasteiger partial charge in [0.1, 0.15) is 24.3 Å². The highest BCUT2D eigenvalue weighted by atomic mass is 16.5. The fraction of sp³-hybridized carbons (Fsp3) is 0.526. The maximum Gasteiger partial charge on any atom is 0.122 e. The minimum Gasteiger partial charge on any atom is -0.491 e. The second kappa shape index (κ2) is 7.36. The molecule has 5 nitrogen and oxygen atoms in total. The van der Waals surface area contributed by atoms with Gasteiger partial charge in [0.05, 0.1) is 0 Å². The molecule has 0 aliphatic carbocycles. The van der Waals surface area contributed by atoms with Crippen LogP contribution >= 0.6 is 0 Å². The first-order valence-electron chi connectivity index (χ1n) is 8.60. The van der Waals surface area contributed by atoms with Crippen LogP contribution in [0.1, 0.15) is 29.3 Å². The Morgan fingerprint density at radius 3 is 2.96 bits per heavy atom. The molecular weight excluding hydrogens is 302 g/mol. The number of β-amino-alcohol motifs (C(OH)–C–C–N with tert-alkyl or cyclic N) is 1. The fourth-order valence-electron chi connectivity index (χ4n) is 3.38. The van der Waals surface area contributed by atoms with E-state index in [1.165, 1.54) is 5.56 Å². The molecule has 0 radical (unpaired) electrons. The van der Waals surface area contributed by atoms with E-state index in [2.05, 4.69) is 26.6 Å². The van der Waals surface area contributed by atoms with Gasteiger partial charge in [0, 0.05) is 38.4 Å². The molecule has 0 bridgehead atoms. The quantitative estimate of drug-likeness (QED) is 0.883. The lowest BCUT2D eigenvalue weighted by molar-refractivity contribution is 0.0751. The third-order valence-electron chi connectivity index (χ3n) is 4.74. The number of imidazole rings is 1. The van der Waals surface area contributed by atoms with Gasteiger partial charge in [0.2, 0.25) is 0 Å². The molecule has 1 aromatic heterocycles. The Bertz CT molecular complexity index is 683. The van der Waals surface area contributed by atoms with Gasteiger partial charge in [0.25, 0.3) is 0 Å². The lowest BCUT2D eigenvalue weighted by Gasteiger charge is -2.21. The molecule has 3 rings (SSSR count). The van der Waals surface area contributed by atoms with Crippen molar-refractivity contribution in [3.63, 3.8) is 0 Å². The molecule has 2 heterocycles. The Kier molecular flexibility index (Phi) is 5.21. The molecular formula is C19H27N3O2. The molecule has 2 aromatic rings. The summed E-state index contributed by atoms with van der Waals surface area (Å²) in [6, 6.07) is 6.14. The molecule has 1 saturated heterocycles. The highest BCUT2D eigenvalue weighted by Gasteiger charge is 2.27. The summed E-state index contributed by atoms with van der Waals surface area (Å²) in [6.45, 7) is 6.99. The fourth-order valence-corrected chi connectivity index (χ4v) is 3.38. The van der Waals surface area contributed by atoms with Gasteiger partial charge in [-0.2, -0.15) is 0 Å². The van der Waals surface area contributed by atoms with E-state index in [0.29, 0.717) is 19.1 Å². The zero-order valence-electron chi connectivity index (χ0n) is 14.8. The van der Waals surface area contributed by atoms with Crippen molar-refractivity contribution in [1.82, 2.24) is 14.5 Å². The zero-order valence-corrected chi connectivity index (χ0v) is 14.8. The number of hydrogen-bond donors (Lipinski definition) is 1.